The number of esters is 1. The van der Waals surface area contributed by atoms with Gasteiger partial charge >= 0.3 is 11.9 Å². The van der Waals surface area contributed by atoms with Crippen LogP contribution < -0.4 is 25.5 Å². The zero-order valence-electron chi connectivity index (χ0n) is 23.5. The van der Waals surface area contributed by atoms with Crippen LogP contribution in [0.3, 0.4) is 0 Å². The van der Waals surface area contributed by atoms with Crippen molar-refractivity contribution in [3.8, 4) is 11.5 Å². The zero-order chi connectivity index (χ0) is 30.8. The number of hydrogen-bond donors (Lipinski definition) is 4. The Bertz CT molecular complexity index is 1550. The largest absolute Gasteiger partial charge is 0.489 e. The highest BCUT2D eigenvalue weighted by molar-refractivity contribution is 7.80. The summed E-state index contributed by atoms with van der Waals surface area (Å²) in [5.41, 5.74) is 5.77. The number of amides is 1. The molecule has 1 heterocycles. The van der Waals surface area contributed by atoms with Gasteiger partial charge < -0.3 is 30.0 Å². The van der Waals surface area contributed by atoms with Crippen LogP contribution >= 0.6 is 12.2 Å². The standard InChI is InChI=1S/C31H30N4O7S/c1-3-40-30(39)27-19(2)33-31(43)34-28(27)24-6-4-5-7-25(24)42-18-26(36)35-32-16-20-10-14-23(15-11-20)41-17-21-8-12-22(13-9-21)29(37)38/h4-16,28H,3,17-18H2,1-2H3,(H,35,36)(H,37,38)(H2,33,34,43)/t28-/m0/s1. The minimum Gasteiger partial charge on any atom is -0.489 e. The highest BCUT2D eigenvalue weighted by atomic mass is 32.1. The van der Waals surface area contributed by atoms with E-state index in [-0.39, 0.29) is 25.4 Å². The van der Waals surface area contributed by atoms with E-state index in [1.807, 2.05) is 0 Å². The number of rotatable bonds is 12. The van der Waals surface area contributed by atoms with Gasteiger partial charge in [0, 0.05) is 11.3 Å². The Labute approximate surface area is 253 Å². The Hall–Kier alpha value is -5.23. The molecule has 0 bridgehead atoms. The van der Waals surface area contributed by atoms with Gasteiger partial charge in [-0.05, 0) is 79.7 Å². The molecule has 11 nitrogen and oxygen atoms in total. The van der Waals surface area contributed by atoms with E-state index in [1.165, 1.54) is 18.3 Å². The lowest BCUT2D eigenvalue weighted by molar-refractivity contribution is -0.139. The first-order valence-electron chi connectivity index (χ1n) is 13.3. The molecule has 222 valence electrons. The Balaban J connectivity index is 1.30. The summed E-state index contributed by atoms with van der Waals surface area (Å²) in [6.07, 6.45) is 1.49. The fourth-order valence-electron chi connectivity index (χ4n) is 4.17. The first-order valence-corrected chi connectivity index (χ1v) is 13.7. The van der Waals surface area contributed by atoms with Gasteiger partial charge in [0.05, 0.1) is 30.0 Å². The van der Waals surface area contributed by atoms with Crippen molar-refractivity contribution in [3.05, 3.63) is 106 Å². The quantitative estimate of drug-likeness (QED) is 0.104. The van der Waals surface area contributed by atoms with E-state index in [1.54, 1.807) is 74.5 Å². The molecule has 0 fully saturated rings. The third kappa shape index (κ3) is 8.39. The summed E-state index contributed by atoms with van der Waals surface area (Å²) < 4.78 is 16.8. The molecule has 0 radical (unpaired) electrons. The highest BCUT2D eigenvalue weighted by Crippen LogP contribution is 2.33. The van der Waals surface area contributed by atoms with E-state index in [9.17, 15) is 14.4 Å². The molecule has 0 aromatic heterocycles. The Morgan fingerprint density at radius 2 is 1.74 bits per heavy atom. The number of carbonyl (C=O) groups excluding carboxylic acids is 2. The zero-order valence-corrected chi connectivity index (χ0v) is 24.3. The number of carboxylic acids is 1. The van der Waals surface area contributed by atoms with E-state index >= 15 is 0 Å². The van der Waals surface area contributed by atoms with E-state index in [0.29, 0.717) is 33.4 Å². The summed E-state index contributed by atoms with van der Waals surface area (Å²) in [5.74, 6) is -0.928. The van der Waals surface area contributed by atoms with Crippen molar-refractivity contribution in [1.29, 1.82) is 0 Å². The molecule has 1 aliphatic heterocycles. The van der Waals surface area contributed by atoms with Crippen molar-refractivity contribution in [2.45, 2.75) is 26.5 Å². The number of para-hydroxylation sites is 1. The average molecular weight is 603 g/mol. The van der Waals surface area contributed by atoms with Crippen molar-refractivity contribution in [3.63, 3.8) is 0 Å². The van der Waals surface area contributed by atoms with Crippen molar-refractivity contribution in [2.24, 2.45) is 5.10 Å². The number of allylic oxidation sites excluding steroid dienone is 1. The average Bonchev–Trinajstić information content (AvgIpc) is 2.99. The SMILES string of the molecule is CCOC(=O)C1=C(C)NC(=S)N[C@H]1c1ccccc1OCC(=O)NN=Cc1ccc(OCc2ccc(C(=O)O)cc2)cc1. The Kier molecular flexibility index (Phi) is 10.4. The van der Waals surface area contributed by atoms with Crippen LogP contribution in [0, 0.1) is 0 Å². The van der Waals surface area contributed by atoms with Crippen LogP contribution in [-0.4, -0.2) is 47.5 Å². The summed E-state index contributed by atoms with van der Waals surface area (Å²) in [5, 5.41) is 19.4. The van der Waals surface area contributed by atoms with Crippen LogP contribution in [0.1, 0.15) is 46.9 Å². The highest BCUT2D eigenvalue weighted by Gasteiger charge is 2.32. The van der Waals surface area contributed by atoms with Crippen LogP contribution in [0.4, 0.5) is 0 Å². The monoisotopic (exact) mass is 602 g/mol. The summed E-state index contributed by atoms with van der Waals surface area (Å²) in [6, 6.07) is 19.9. The number of carboxylic acid groups (broad SMARTS) is 1. The Morgan fingerprint density at radius 1 is 1.02 bits per heavy atom. The summed E-state index contributed by atoms with van der Waals surface area (Å²) in [6.45, 7) is 3.66. The molecule has 4 rings (SSSR count). The first-order chi connectivity index (χ1) is 20.7. The van der Waals surface area contributed by atoms with Gasteiger partial charge in [-0.25, -0.2) is 15.0 Å². The van der Waals surface area contributed by atoms with Crippen LogP contribution in [-0.2, 0) is 20.9 Å². The third-order valence-electron chi connectivity index (χ3n) is 6.24. The minimum absolute atomic E-state index is 0.215. The molecule has 0 spiro atoms. The van der Waals surface area contributed by atoms with E-state index in [0.717, 1.165) is 11.1 Å². The molecule has 0 aliphatic carbocycles. The molecule has 43 heavy (non-hydrogen) atoms. The van der Waals surface area contributed by atoms with Crippen molar-refractivity contribution < 1.29 is 33.7 Å². The lowest BCUT2D eigenvalue weighted by Crippen LogP contribution is -2.45. The third-order valence-corrected chi connectivity index (χ3v) is 6.46. The number of ether oxygens (including phenoxy) is 3. The maximum absolute atomic E-state index is 12.7. The molecular formula is C31H30N4O7S. The fraction of sp³-hybridized carbons (Fsp3) is 0.194. The molecule has 0 saturated heterocycles. The van der Waals surface area contributed by atoms with Crippen LogP contribution in [0.15, 0.2) is 89.2 Å². The second-order valence-electron chi connectivity index (χ2n) is 9.27. The molecule has 1 atom stereocenters. The number of hydrazone groups is 1. The molecular weight excluding hydrogens is 572 g/mol. The number of aromatic carboxylic acids is 1. The molecule has 1 aliphatic rings. The lowest BCUT2D eigenvalue weighted by Gasteiger charge is -2.30. The van der Waals surface area contributed by atoms with Crippen LogP contribution in [0.5, 0.6) is 11.5 Å². The van der Waals surface area contributed by atoms with Gasteiger partial charge in [-0.3, -0.25) is 4.79 Å². The lowest BCUT2D eigenvalue weighted by atomic mass is 9.95. The van der Waals surface area contributed by atoms with Gasteiger partial charge in [-0.15, -0.1) is 0 Å². The summed E-state index contributed by atoms with van der Waals surface area (Å²) in [7, 11) is 0. The Morgan fingerprint density at radius 3 is 2.44 bits per heavy atom. The number of benzene rings is 3. The van der Waals surface area contributed by atoms with Crippen molar-refractivity contribution >= 4 is 41.4 Å². The number of thiocarbonyl (C=S) groups is 1. The molecule has 3 aromatic rings. The van der Waals surface area contributed by atoms with Gasteiger partial charge in [0.15, 0.2) is 11.7 Å². The van der Waals surface area contributed by atoms with Gasteiger partial charge in [0.25, 0.3) is 5.91 Å². The molecule has 1 amide bonds. The second kappa shape index (κ2) is 14.6. The maximum atomic E-state index is 12.7. The summed E-state index contributed by atoms with van der Waals surface area (Å²) in [4.78, 5) is 36.1. The fourth-order valence-corrected chi connectivity index (χ4v) is 4.44. The van der Waals surface area contributed by atoms with Gasteiger partial charge in [0.2, 0.25) is 0 Å². The molecule has 0 saturated carbocycles. The molecule has 3 aromatic carbocycles. The minimum atomic E-state index is -0.979. The smallest absolute Gasteiger partial charge is 0.338 e. The van der Waals surface area contributed by atoms with E-state index in [2.05, 4.69) is 21.2 Å². The van der Waals surface area contributed by atoms with Gasteiger partial charge in [0.1, 0.15) is 18.1 Å². The second-order valence-corrected chi connectivity index (χ2v) is 9.68. The van der Waals surface area contributed by atoms with Gasteiger partial charge in [-0.2, -0.15) is 5.10 Å². The first kappa shape index (κ1) is 30.7. The number of nitrogens with zero attached hydrogens (tertiary/aromatic N) is 1. The normalized spacial score (nSPS) is 14.5. The van der Waals surface area contributed by atoms with E-state index < -0.39 is 23.9 Å². The summed E-state index contributed by atoms with van der Waals surface area (Å²) >= 11 is 5.30. The maximum Gasteiger partial charge on any atom is 0.338 e. The molecule has 4 N–H and O–H groups in total. The topological polar surface area (TPSA) is 148 Å². The van der Waals surface area contributed by atoms with Gasteiger partial charge in [-0.1, -0.05) is 30.3 Å². The molecule has 0 unspecified atom stereocenters. The predicted molar refractivity (Wildman–Crippen MR) is 163 cm³/mol. The van der Waals surface area contributed by atoms with Crippen LogP contribution in [0.25, 0.3) is 0 Å². The van der Waals surface area contributed by atoms with E-state index in [4.69, 9.17) is 31.5 Å². The van der Waals surface area contributed by atoms with Crippen molar-refractivity contribution in [1.82, 2.24) is 16.1 Å². The molecule has 12 heteroatoms. The number of carbonyl (C=O) groups is 3. The number of nitrogens with one attached hydrogen (secondary N) is 3. The number of hydrogen-bond acceptors (Lipinski definition) is 8. The van der Waals surface area contributed by atoms with Crippen LogP contribution in [0.2, 0.25) is 0 Å². The predicted octanol–water partition coefficient (Wildman–Crippen LogP) is 3.85. The van der Waals surface area contributed by atoms with Crippen molar-refractivity contribution in [2.75, 3.05) is 13.2 Å².